The molecule has 1 aromatic heterocycles. The first-order chi connectivity index (χ1) is 18.3. The first-order valence-corrected chi connectivity index (χ1v) is 14.0. The van der Waals surface area contributed by atoms with Crippen LogP contribution in [0, 0.1) is 0 Å². The van der Waals surface area contributed by atoms with Crippen molar-refractivity contribution in [1.82, 2.24) is 20.4 Å². The van der Waals surface area contributed by atoms with E-state index in [1.807, 2.05) is 6.07 Å². The molecule has 1 unspecified atom stereocenters. The second-order valence-corrected chi connectivity index (χ2v) is 11.1. The summed E-state index contributed by atoms with van der Waals surface area (Å²) in [7, 11) is -3.95. The molecular weight excluding hydrogens is 556 g/mol. The van der Waals surface area contributed by atoms with Crippen LogP contribution in [-0.2, 0) is 27.0 Å². The Kier molecular flexibility index (Phi) is 8.04. The van der Waals surface area contributed by atoms with E-state index in [-0.39, 0.29) is 46.4 Å². The predicted molar refractivity (Wildman–Crippen MR) is 141 cm³/mol. The summed E-state index contributed by atoms with van der Waals surface area (Å²) in [4.78, 5) is 26.2. The zero-order valence-electron chi connectivity index (χ0n) is 20.0. The molecule has 3 N–H and O–H groups in total. The van der Waals surface area contributed by atoms with Gasteiger partial charge in [0.15, 0.2) is 12.4 Å². The smallest absolute Gasteiger partial charge is 0.404 e. The number of rotatable bonds is 7. The number of anilines is 1. The molecule has 3 aromatic rings. The summed E-state index contributed by atoms with van der Waals surface area (Å²) in [5.41, 5.74) is 0.825. The number of phosphoric ester groups is 1. The molecule has 11 nitrogen and oxygen atoms in total. The molecule has 0 saturated carbocycles. The number of carbonyl (C=O) groups is 2. The van der Waals surface area contributed by atoms with Crippen molar-refractivity contribution in [3.8, 4) is 5.75 Å². The Hall–Kier alpha value is -2.92. The molecule has 3 heterocycles. The fourth-order valence-electron chi connectivity index (χ4n) is 4.07. The number of nitrogens with one attached hydrogen (secondary N) is 3. The largest absolute Gasteiger partial charge is 0.532 e. The molecule has 1 atom stereocenters. The van der Waals surface area contributed by atoms with Crippen LogP contribution in [0.4, 0.5) is 5.69 Å². The predicted octanol–water partition coefficient (Wildman–Crippen LogP) is 4.62. The maximum Gasteiger partial charge on any atom is 0.532 e. The third-order valence-corrected chi connectivity index (χ3v) is 7.93. The monoisotopic (exact) mass is 579 g/mol. The molecular formula is C24H24Cl2N5O6P. The average molecular weight is 580 g/mol. The molecule has 1 saturated heterocycles. The van der Waals surface area contributed by atoms with Gasteiger partial charge in [-0.3, -0.25) is 18.6 Å². The van der Waals surface area contributed by atoms with Gasteiger partial charge in [-0.1, -0.05) is 47.5 Å². The van der Waals surface area contributed by atoms with Crippen LogP contribution in [0.5, 0.6) is 5.75 Å². The van der Waals surface area contributed by atoms with Gasteiger partial charge in [-0.2, -0.15) is 5.10 Å². The van der Waals surface area contributed by atoms with Crippen molar-refractivity contribution in [2.45, 2.75) is 32.2 Å². The molecule has 0 bridgehead atoms. The molecule has 0 spiro atoms. The third-order valence-electron chi connectivity index (χ3n) is 6.00. The Morgan fingerprint density at radius 3 is 2.61 bits per heavy atom. The lowest BCUT2D eigenvalue weighted by molar-refractivity contribution is 0.0918. The van der Waals surface area contributed by atoms with Gasteiger partial charge in [0.2, 0.25) is 0 Å². The lowest BCUT2D eigenvalue weighted by Gasteiger charge is -2.24. The number of fused-ring (bicyclic) bond motifs is 1. The van der Waals surface area contributed by atoms with E-state index in [0.717, 1.165) is 31.5 Å². The molecule has 0 radical (unpaired) electrons. The van der Waals surface area contributed by atoms with Crippen LogP contribution in [0.1, 0.15) is 39.3 Å². The minimum Gasteiger partial charge on any atom is -0.404 e. The van der Waals surface area contributed by atoms with Crippen LogP contribution < -0.4 is 20.5 Å². The average Bonchev–Trinajstić information content (AvgIpc) is 3.31. The number of para-hydroxylation sites is 1. The second kappa shape index (κ2) is 11.4. The standard InChI is InChI=1S/C24H24Cl2N5O6P/c25-17-5-3-6-18(26)21(17)23(32)29-19-12-31(30-22(19)24(33)28-16-8-10-27-11-9-16)14-36-38(34)35-13-15-4-1-2-7-20(15)37-38/h1-7,12,16,27H,8-11,13-14H2,(H,28,33)(H,29,32). The van der Waals surface area contributed by atoms with Crippen LogP contribution in [0.25, 0.3) is 0 Å². The highest BCUT2D eigenvalue weighted by Gasteiger charge is 2.34. The highest BCUT2D eigenvalue weighted by atomic mass is 35.5. The summed E-state index contributed by atoms with van der Waals surface area (Å²) >= 11 is 12.4. The number of hydrogen-bond donors (Lipinski definition) is 3. The number of benzene rings is 2. The minimum atomic E-state index is -3.95. The topological polar surface area (TPSA) is 133 Å². The number of phosphoric acid groups is 1. The van der Waals surface area contributed by atoms with E-state index >= 15 is 0 Å². The Balaban J connectivity index is 1.36. The van der Waals surface area contributed by atoms with E-state index in [0.29, 0.717) is 5.75 Å². The van der Waals surface area contributed by atoms with Gasteiger partial charge in [-0.15, -0.1) is 0 Å². The Bertz CT molecular complexity index is 1390. The van der Waals surface area contributed by atoms with Crippen LogP contribution in [0.15, 0.2) is 48.7 Å². The number of aromatic nitrogens is 2. The molecule has 38 heavy (non-hydrogen) atoms. The maximum atomic E-state index is 13.1. The quantitative estimate of drug-likeness (QED) is 0.345. The van der Waals surface area contributed by atoms with Gasteiger partial charge < -0.3 is 20.5 Å². The number of amides is 2. The van der Waals surface area contributed by atoms with Crippen LogP contribution in [0.2, 0.25) is 10.0 Å². The van der Waals surface area contributed by atoms with Crippen molar-refractivity contribution in [2.24, 2.45) is 0 Å². The van der Waals surface area contributed by atoms with Gasteiger partial charge in [0.1, 0.15) is 5.75 Å². The van der Waals surface area contributed by atoms with E-state index < -0.39 is 19.6 Å². The van der Waals surface area contributed by atoms with Crippen molar-refractivity contribution < 1.29 is 27.7 Å². The summed E-state index contributed by atoms with van der Waals surface area (Å²) in [5, 5.41) is 13.4. The normalized spacial score (nSPS) is 19.3. The van der Waals surface area contributed by atoms with Gasteiger partial charge >= 0.3 is 7.82 Å². The van der Waals surface area contributed by atoms with E-state index in [9.17, 15) is 14.2 Å². The fourth-order valence-corrected chi connectivity index (χ4v) is 5.79. The lowest BCUT2D eigenvalue weighted by Crippen LogP contribution is -2.43. The number of carbonyl (C=O) groups excluding carboxylic acids is 2. The van der Waals surface area contributed by atoms with E-state index in [1.165, 1.54) is 23.0 Å². The van der Waals surface area contributed by atoms with E-state index in [2.05, 4.69) is 21.0 Å². The Morgan fingerprint density at radius 1 is 1.11 bits per heavy atom. The van der Waals surface area contributed by atoms with Crippen molar-refractivity contribution in [1.29, 1.82) is 0 Å². The molecule has 200 valence electrons. The summed E-state index contributed by atoms with van der Waals surface area (Å²) in [5.74, 6) is -0.712. The molecule has 0 aliphatic carbocycles. The number of hydrogen-bond acceptors (Lipinski definition) is 8. The Morgan fingerprint density at radius 2 is 1.84 bits per heavy atom. The summed E-state index contributed by atoms with van der Waals surface area (Å²) in [6.45, 7) is 1.23. The summed E-state index contributed by atoms with van der Waals surface area (Å²) in [6, 6.07) is 11.6. The number of nitrogens with zero attached hydrogens (tertiary/aromatic N) is 2. The molecule has 5 rings (SSSR count). The number of piperidine rings is 1. The SMILES string of the molecule is O=C(NC1CCNCC1)c1nn(COP2(=O)OCc3ccccc3O2)cc1NC(=O)c1c(Cl)cccc1Cl. The minimum absolute atomic E-state index is 0.0494. The van der Waals surface area contributed by atoms with E-state index in [1.54, 1.807) is 24.3 Å². The highest BCUT2D eigenvalue weighted by molar-refractivity contribution is 7.48. The van der Waals surface area contributed by atoms with Crippen molar-refractivity contribution >= 4 is 48.5 Å². The third kappa shape index (κ3) is 6.04. The van der Waals surface area contributed by atoms with Gasteiger partial charge in [0.05, 0.1) is 34.1 Å². The highest BCUT2D eigenvalue weighted by Crippen LogP contribution is 2.54. The molecule has 2 aliphatic rings. The molecule has 2 amide bonds. The fraction of sp³-hybridized carbons (Fsp3) is 0.292. The molecule has 2 aliphatic heterocycles. The van der Waals surface area contributed by atoms with Crippen LogP contribution >= 0.6 is 31.0 Å². The second-order valence-electron chi connectivity index (χ2n) is 8.66. The van der Waals surface area contributed by atoms with Crippen molar-refractivity contribution in [3.05, 3.63) is 75.5 Å². The first kappa shape index (κ1) is 26.7. The van der Waals surface area contributed by atoms with Gasteiger partial charge in [0, 0.05) is 11.6 Å². The van der Waals surface area contributed by atoms with Gasteiger partial charge in [-0.05, 0) is 44.1 Å². The van der Waals surface area contributed by atoms with E-state index in [4.69, 9.17) is 36.8 Å². The molecule has 2 aromatic carbocycles. The molecule has 14 heteroatoms. The zero-order chi connectivity index (χ0) is 26.7. The van der Waals surface area contributed by atoms with Gasteiger partial charge in [0.25, 0.3) is 11.8 Å². The van der Waals surface area contributed by atoms with Gasteiger partial charge in [-0.25, -0.2) is 9.25 Å². The van der Waals surface area contributed by atoms with Crippen molar-refractivity contribution in [2.75, 3.05) is 18.4 Å². The summed E-state index contributed by atoms with van der Waals surface area (Å²) < 4.78 is 30.5. The van der Waals surface area contributed by atoms with Crippen LogP contribution in [0.3, 0.4) is 0 Å². The Labute approximate surface area is 228 Å². The van der Waals surface area contributed by atoms with Crippen LogP contribution in [-0.4, -0.2) is 40.7 Å². The molecule has 1 fully saturated rings. The maximum absolute atomic E-state index is 13.1. The zero-order valence-corrected chi connectivity index (χ0v) is 22.4. The number of halogens is 2. The van der Waals surface area contributed by atoms with Crippen molar-refractivity contribution in [3.63, 3.8) is 0 Å². The first-order valence-electron chi connectivity index (χ1n) is 11.8. The lowest BCUT2D eigenvalue weighted by atomic mass is 10.1. The summed E-state index contributed by atoms with van der Waals surface area (Å²) in [6.07, 6.45) is 2.89.